The first-order chi connectivity index (χ1) is 13.5. The highest BCUT2D eigenvalue weighted by molar-refractivity contribution is 7.89. The minimum Gasteiger partial charge on any atom is -0.339 e. The third kappa shape index (κ3) is 4.80. The van der Waals surface area contributed by atoms with Crippen molar-refractivity contribution in [1.29, 1.82) is 0 Å². The number of carbonyl (C=O) groups is 1. The number of hydrogen-bond acceptors (Lipinski definition) is 3. The number of nitrogens with zero attached hydrogens (tertiary/aromatic N) is 2. The van der Waals surface area contributed by atoms with E-state index in [0.717, 1.165) is 31.5 Å². The summed E-state index contributed by atoms with van der Waals surface area (Å²) in [5, 5.41) is 0. The number of hydrogen-bond donors (Lipinski definition) is 0. The second-order valence-electron chi connectivity index (χ2n) is 7.15. The Balaban J connectivity index is 1.71. The van der Waals surface area contributed by atoms with Crippen molar-refractivity contribution in [3.8, 4) is 0 Å². The van der Waals surface area contributed by atoms with E-state index in [1.165, 1.54) is 17.1 Å². The molecule has 0 aromatic heterocycles. The first kappa shape index (κ1) is 20.6. The summed E-state index contributed by atoms with van der Waals surface area (Å²) in [7, 11) is -3.54. The van der Waals surface area contributed by atoms with Crippen LogP contribution in [0.4, 0.5) is 0 Å². The standard InChI is InChI=1S/C22H28N2O3S/c1-2-24(28(26,27)21-10-6-5-7-11-21)18-19-12-14-20(15-13-19)22(25)23-16-8-3-4-9-17-23/h5-7,10-15H,2-4,8-9,16-18H2,1H3. The van der Waals surface area contributed by atoms with Crippen molar-refractivity contribution in [2.75, 3.05) is 19.6 Å². The molecule has 0 atom stereocenters. The van der Waals surface area contributed by atoms with Gasteiger partial charge in [-0.15, -0.1) is 0 Å². The highest BCUT2D eigenvalue weighted by Crippen LogP contribution is 2.19. The van der Waals surface area contributed by atoms with Crippen LogP contribution in [0.3, 0.4) is 0 Å². The lowest BCUT2D eigenvalue weighted by Gasteiger charge is -2.22. The molecular formula is C22H28N2O3S. The average molecular weight is 401 g/mol. The largest absolute Gasteiger partial charge is 0.339 e. The zero-order valence-corrected chi connectivity index (χ0v) is 17.2. The SMILES string of the molecule is CCN(Cc1ccc(C(=O)N2CCCCCC2)cc1)S(=O)(=O)c1ccccc1. The number of benzene rings is 2. The van der Waals surface area contributed by atoms with E-state index in [-0.39, 0.29) is 12.5 Å². The van der Waals surface area contributed by atoms with Crippen LogP contribution < -0.4 is 0 Å². The molecule has 0 spiro atoms. The van der Waals surface area contributed by atoms with E-state index in [2.05, 4.69) is 0 Å². The molecule has 28 heavy (non-hydrogen) atoms. The van der Waals surface area contributed by atoms with E-state index in [9.17, 15) is 13.2 Å². The van der Waals surface area contributed by atoms with E-state index < -0.39 is 10.0 Å². The van der Waals surface area contributed by atoms with Gasteiger partial charge in [-0.3, -0.25) is 4.79 Å². The smallest absolute Gasteiger partial charge is 0.253 e. The van der Waals surface area contributed by atoms with Gasteiger partial charge >= 0.3 is 0 Å². The third-order valence-electron chi connectivity index (χ3n) is 5.19. The Hall–Kier alpha value is -2.18. The van der Waals surface area contributed by atoms with Crippen molar-refractivity contribution in [2.45, 2.75) is 44.0 Å². The normalized spacial score (nSPS) is 15.4. The molecule has 0 unspecified atom stereocenters. The molecule has 0 bridgehead atoms. The predicted molar refractivity (Wildman–Crippen MR) is 111 cm³/mol. The monoisotopic (exact) mass is 400 g/mol. The number of amides is 1. The summed E-state index contributed by atoms with van der Waals surface area (Å²) < 4.78 is 27.1. The Morgan fingerprint density at radius 1 is 0.929 bits per heavy atom. The van der Waals surface area contributed by atoms with Crippen LogP contribution in [0.1, 0.15) is 48.5 Å². The average Bonchev–Trinajstić information content (AvgIpc) is 3.02. The molecule has 6 heteroatoms. The molecule has 0 saturated carbocycles. The summed E-state index contributed by atoms with van der Waals surface area (Å²) in [6, 6.07) is 15.8. The fourth-order valence-corrected chi connectivity index (χ4v) is 4.98. The molecule has 2 aromatic rings. The maximum atomic E-state index is 12.8. The molecule has 3 rings (SSSR count). The Bertz CT molecular complexity index is 872. The van der Waals surface area contributed by atoms with Crippen molar-refractivity contribution in [3.05, 3.63) is 65.7 Å². The summed E-state index contributed by atoms with van der Waals surface area (Å²) in [6.07, 6.45) is 4.50. The molecule has 150 valence electrons. The molecule has 2 aromatic carbocycles. The zero-order chi connectivity index (χ0) is 20.0. The number of sulfonamides is 1. The van der Waals surface area contributed by atoms with Crippen molar-refractivity contribution >= 4 is 15.9 Å². The lowest BCUT2D eigenvalue weighted by Crippen LogP contribution is -2.32. The first-order valence-corrected chi connectivity index (χ1v) is 11.4. The van der Waals surface area contributed by atoms with Gasteiger partial charge in [-0.05, 0) is 42.7 Å². The summed E-state index contributed by atoms with van der Waals surface area (Å²) in [6.45, 7) is 4.13. The highest BCUT2D eigenvalue weighted by atomic mass is 32.2. The molecular weight excluding hydrogens is 372 g/mol. The van der Waals surface area contributed by atoms with Crippen LogP contribution in [0.15, 0.2) is 59.5 Å². The van der Waals surface area contributed by atoms with E-state index in [1.54, 1.807) is 30.3 Å². The number of likely N-dealkylation sites (tertiary alicyclic amines) is 1. The number of rotatable bonds is 6. The van der Waals surface area contributed by atoms with E-state index in [4.69, 9.17) is 0 Å². The van der Waals surface area contributed by atoms with Gasteiger partial charge in [0.1, 0.15) is 0 Å². The van der Waals surface area contributed by atoms with Crippen LogP contribution in [0.2, 0.25) is 0 Å². The van der Waals surface area contributed by atoms with Crippen molar-refractivity contribution in [3.63, 3.8) is 0 Å². The van der Waals surface area contributed by atoms with Crippen LogP contribution >= 0.6 is 0 Å². The second-order valence-corrected chi connectivity index (χ2v) is 9.09. The van der Waals surface area contributed by atoms with E-state index in [0.29, 0.717) is 17.0 Å². The maximum Gasteiger partial charge on any atom is 0.253 e. The van der Waals surface area contributed by atoms with Gasteiger partial charge in [0.15, 0.2) is 0 Å². The van der Waals surface area contributed by atoms with Gasteiger partial charge in [0.2, 0.25) is 10.0 Å². The Kier molecular flexibility index (Phi) is 6.86. The fraction of sp³-hybridized carbons (Fsp3) is 0.409. The number of carbonyl (C=O) groups excluding carboxylic acids is 1. The molecule has 0 radical (unpaired) electrons. The Labute approximate surface area is 168 Å². The van der Waals surface area contributed by atoms with Gasteiger partial charge in [0.05, 0.1) is 4.90 Å². The molecule has 1 fully saturated rings. The van der Waals surface area contributed by atoms with Crippen LogP contribution in [-0.4, -0.2) is 43.2 Å². The third-order valence-corrected chi connectivity index (χ3v) is 7.12. The van der Waals surface area contributed by atoms with Crippen molar-refractivity contribution in [2.24, 2.45) is 0 Å². The second kappa shape index (κ2) is 9.34. The van der Waals surface area contributed by atoms with Crippen LogP contribution in [0.5, 0.6) is 0 Å². The topological polar surface area (TPSA) is 57.7 Å². The van der Waals surface area contributed by atoms with Gasteiger partial charge in [-0.25, -0.2) is 8.42 Å². The predicted octanol–water partition coefficient (Wildman–Crippen LogP) is 3.91. The summed E-state index contributed by atoms with van der Waals surface area (Å²) in [5.41, 5.74) is 1.54. The minimum atomic E-state index is -3.54. The van der Waals surface area contributed by atoms with E-state index in [1.807, 2.05) is 36.1 Å². The van der Waals surface area contributed by atoms with Gasteiger partial charge in [0, 0.05) is 31.7 Å². The summed E-state index contributed by atoms with van der Waals surface area (Å²) in [5.74, 6) is 0.0673. The fourth-order valence-electron chi connectivity index (χ4n) is 3.52. The molecule has 1 heterocycles. The van der Waals surface area contributed by atoms with Crippen molar-refractivity contribution in [1.82, 2.24) is 9.21 Å². The summed E-state index contributed by atoms with van der Waals surface area (Å²) in [4.78, 5) is 14.9. The Morgan fingerprint density at radius 2 is 1.54 bits per heavy atom. The molecule has 0 N–H and O–H groups in total. The van der Waals surface area contributed by atoms with Gasteiger partial charge in [-0.1, -0.05) is 50.1 Å². The van der Waals surface area contributed by atoms with E-state index >= 15 is 0 Å². The maximum absolute atomic E-state index is 12.8. The van der Waals surface area contributed by atoms with Crippen molar-refractivity contribution < 1.29 is 13.2 Å². The minimum absolute atomic E-state index is 0.0673. The summed E-state index contributed by atoms with van der Waals surface area (Å²) >= 11 is 0. The van der Waals surface area contributed by atoms with Crippen LogP contribution in [-0.2, 0) is 16.6 Å². The first-order valence-electron chi connectivity index (χ1n) is 9.96. The van der Waals surface area contributed by atoms with Crippen LogP contribution in [0.25, 0.3) is 0 Å². The molecule has 1 aliphatic heterocycles. The highest BCUT2D eigenvalue weighted by Gasteiger charge is 2.23. The quantitative estimate of drug-likeness (QED) is 0.739. The van der Waals surface area contributed by atoms with Gasteiger partial charge in [-0.2, -0.15) is 4.31 Å². The van der Waals surface area contributed by atoms with Crippen LogP contribution in [0, 0.1) is 0 Å². The lowest BCUT2D eigenvalue weighted by molar-refractivity contribution is 0.0761. The van der Waals surface area contributed by atoms with Gasteiger partial charge < -0.3 is 4.90 Å². The molecule has 5 nitrogen and oxygen atoms in total. The van der Waals surface area contributed by atoms with Gasteiger partial charge in [0.25, 0.3) is 5.91 Å². The molecule has 0 aliphatic carbocycles. The Morgan fingerprint density at radius 3 is 2.11 bits per heavy atom. The molecule has 1 amide bonds. The molecule has 1 saturated heterocycles. The molecule has 1 aliphatic rings. The lowest BCUT2D eigenvalue weighted by atomic mass is 10.1. The zero-order valence-electron chi connectivity index (χ0n) is 16.4.